The van der Waals surface area contributed by atoms with Crippen molar-refractivity contribution in [1.82, 2.24) is 24.4 Å². The van der Waals surface area contributed by atoms with Crippen LogP contribution in [0, 0.1) is 0 Å². The highest BCUT2D eigenvalue weighted by molar-refractivity contribution is 5.94. The minimum absolute atomic E-state index is 0.132. The largest absolute Gasteiger partial charge is 0.492 e. The fourth-order valence-electron chi connectivity index (χ4n) is 3.77. The number of piperidine rings is 1. The highest BCUT2D eigenvalue weighted by Gasteiger charge is 2.41. The highest BCUT2D eigenvalue weighted by Crippen LogP contribution is 2.34. The number of carbonyl (C=O) groups is 1. The number of hydrogen-bond donors (Lipinski definition) is 3. The summed E-state index contributed by atoms with van der Waals surface area (Å²) in [7, 11) is 0. The quantitative estimate of drug-likeness (QED) is 0.553. The van der Waals surface area contributed by atoms with Gasteiger partial charge in [0.2, 0.25) is 0 Å². The van der Waals surface area contributed by atoms with Crippen molar-refractivity contribution < 1.29 is 14.6 Å². The lowest BCUT2D eigenvalue weighted by atomic mass is 9.87. The van der Waals surface area contributed by atoms with E-state index in [1.807, 2.05) is 0 Å². The van der Waals surface area contributed by atoms with Crippen molar-refractivity contribution in [3.05, 3.63) is 42.5 Å². The Hall–Kier alpha value is -3.24. The van der Waals surface area contributed by atoms with E-state index in [1.54, 1.807) is 47.0 Å². The van der Waals surface area contributed by atoms with Gasteiger partial charge >= 0.3 is 0 Å². The van der Waals surface area contributed by atoms with Crippen LogP contribution in [-0.2, 0) is 0 Å². The summed E-state index contributed by atoms with van der Waals surface area (Å²) < 4.78 is 7.30. The number of amides is 1. The molecule has 3 heterocycles. The fourth-order valence-corrected chi connectivity index (χ4v) is 3.77. The van der Waals surface area contributed by atoms with Crippen LogP contribution in [-0.4, -0.2) is 67.3 Å². The molecule has 5 N–H and O–H groups in total. The summed E-state index contributed by atoms with van der Waals surface area (Å²) in [5.41, 5.74) is 11.8. The number of imidazole rings is 1. The molecule has 1 aliphatic heterocycles. The lowest BCUT2D eigenvalue weighted by molar-refractivity contribution is -0.0433. The molecule has 158 valence electrons. The molecule has 1 saturated heterocycles. The number of aliphatic hydroxyl groups is 1. The van der Waals surface area contributed by atoms with Gasteiger partial charge in [0, 0.05) is 25.2 Å². The second-order valence-electron chi connectivity index (χ2n) is 7.62. The van der Waals surface area contributed by atoms with Crippen molar-refractivity contribution >= 4 is 22.9 Å². The number of hydrogen-bond acceptors (Lipinski definition) is 8. The van der Waals surface area contributed by atoms with Crippen molar-refractivity contribution in [3.8, 4) is 5.75 Å². The monoisotopic (exact) mass is 411 g/mol. The molecule has 0 bridgehead atoms. The molecular formula is C20H25N7O3. The van der Waals surface area contributed by atoms with Gasteiger partial charge in [-0.1, -0.05) is 6.07 Å². The molecule has 0 aliphatic carbocycles. The Balaban J connectivity index is 1.61. The minimum atomic E-state index is -1.05. The summed E-state index contributed by atoms with van der Waals surface area (Å²) in [6.07, 6.45) is 3.36. The number of nitrogens with zero attached hydrogens (tertiary/aromatic N) is 5. The van der Waals surface area contributed by atoms with Crippen molar-refractivity contribution in [1.29, 1.82) is 0 Å². The van der Waals surface area contributed by atoms with Gasteiger partial charge in [0.25, 0.3) is 5.91 Å². The number of aromatic nitrogens is 4. The van der Waals surface area contributed by atoms with Crippen molar-refractivity contribution in [3.63, 3.8) is 0 Å². The topological polar surface area (TPSA) is 145 Å². The van der Waals surface area contributed by atoms with E-state index in [0.29, 0.717) is 55.1 Å². The first-order valence-corrected chi connectivity index (χ1v) is 9.78. The van der Waals surface area contributed by atoms with Gasteiger partial charge in [0.1, 0.15) is 24.2 Å². The summed E-state index contributed by atoms with van der Waals surface area (Å²) in [5, 5.41) is 11.1. The number of likely N-dealkylation sites (tertiary alicyclic amines) is 1. The van der Waals surface area contributed by atoms with E-state index in [2.05, 4.69) is 15.0 Å². The Bertz CT molecular complexity index is 1070. The molecule has 30 heavy (non-hydrogen) atoms. The van der Waals surface area contributed by atoms with E-state index in [1.165, 1.54) is 6.33 Å². The number of nitrogens with two attached hydrogens (primary N) is 2. The first-order valence-electron chi connectivity index (χ1n) is 9.78. The summed E-state index contributed by atoms with van der Waals surface area (Å²) in [5.74, 6) is 0.739. The molecule has 1 fully saturated rings. The Labute approximate surface area is 173 Å². The number of rotatable bonds is 5. The molecule has 3 aromatic rings. The van der Waals surface area contributed by atoms with Gasteiger partial charge in [-0.25, -0.2) is 15.0 Å². The Morgan fingerprint density at radius 3 is 3.00 bits per heavy atom. The van der Waals surface area contributed by atoms with Crippen LogP contribution in [0.1, 0.15) is 29.7 Å². The average Bonchev–Trinajstić information content (AvgIpc) is 3.17. The normalized spacial score (nSPS) is 21.7. The van der Waals surface area contributed by atoms with E-state index in [0.717, 1.165) is 0 Å². The molecule has 0 radical (unpaired) electrons. The molecule has 0 spiro atoms. The van der Waals surface area contributed by atoms with E-state index >= 15 is 0 Å². The van der Waals surface area contributed by atoms with Gasteiger partial charge in [-0.2, -0.15) is 0 Å². The molecule has 4 rings (SSSR count). The van der Waals surface area contributed by atoms with Gasteiger partial charge < -0.3 is 30.8 Å². The average molecular weight is 411 g/mol. The number of nitrogen functional groups attached to an aromatic ring is 1. The van der Waals surface area contributed by atoms with Crippen LogP contribution in [0.3, 0.4) is 0 Å². The van der Waals surface area contributed by atoms with Crippen molar-refractivity contribution in [2.75, 3.05) is 32.0 Å². The smallest absolute Gasteiger partial charge is 0.254 e. The Kier molecular flexibility index (Phi) is 5.27. The molecule has 2 atom stereocenters. The zero-order chi connectivity index (χ0) is 21.3. The van der Waals surface area contributed by atoms with Gasteiger partial charge in [0.05, 0.1) is 18.0 Å². The molecule has 1 aromatic carbocycles. The molecule has 1 amide bonds. The minimum Gasteiger partial charge on any atom is -0.492 e. The number of benzene rings is 1. The summed E-state index contributed by atoms with van der Waals surface area (Å²) in [4.78, 5) is 27.4. The number of carbonyl (C=O) groups excluding carboxylic acids is 1. The number of fused-ring (bicyclic) bond motifs is 1. The summed E-state index contributed by atoms with van der Waals surface area (Å²) in [6.45, 7) is 3.27. The van der Waals surface area contributed by atoms with Gasteiger partial charge in [0.15, 0.2) is 11.5 Å². The third-order valence-corrected chi connectivity index (χ3v) is 5.48. The van der Waals surface area contributed by atoms with Crippen LogP contribution < -0.4 is 16.2 Å². The SMILES string of the molecule is C[C@@]1(O)CCN(C(=O)c2cccc(OCCN)c2)C[C@H]1n1cnc2c(N)ncnc21. The van der Waals surface area contributed by atoms with Crippen LogP contribution in [0.5, 0.6) is 5.75 Å². The van der Waals surface area contributed by atoms with Crippen molar-refractivity contribution in [2.24, 2.45) is 5.73 Å². The number of anilines is 1. The molecule has 1 aliphatic rings. The standard InChI is InChI=1S/C20H25N7O3/c1-20(29)5-7-26(19(28)13-3-2-4-14(9-13)30-8-6-21)10-15(20)27-12-25-16-17(22)23-11-24-18(16)27/h2-4,9,11-12,15,29H,5-8,10,21H2,1H3,(H2,22,23,24)/t15-,20-/m1/s1. The van der Waals surface area contributed by atoms with E-state index < -0.39 is 11.6 Å². The first kappa shape index (κ1) is 20.0. The zero-order valence-corrected chi connectivity index (χ0v) is 16.7. The second-order valence-corrected chi connectivity index (χ2v) is 7.62. The second kappa shape index (κ2) is 7.88. The maximum absolute atomic E-state index is 13.2. The van der Waals surface area contributed by atoms with Crippen molar-refractivity contribution in [2.45, 2.75) is 25.0 Å². The first-order chi connectivity index (χ1) is 14.4. The molecule has 0 unspecified atom stereocenters. The van der Waals surface area contributed by atoms with E-state index in [4.69, 9.17) is 16.2 Å². The van der Waals surface area contributed by atoms with Gasteiger partial charge in [-0.05, 0) is 31.5 Å². The highest BCUT2D eigenvalue weighted by atomic mass is 16.5. The molecule has 10 heteroatoms. The van der Waals surface area contributed by atoms with Gasteiger partial charge in [-0.3, -0.25) is 4.79 Å². The third-order valence-electron chi connectivity index (χ3n) is 5.48. The third kappa shape index (κ3) is 3.66. The maximum atomic E-state index is 13.2. The maximum Gasteiger partial charge on any atom is 0.254 e. The lowest BCUT2D eigenvalue weighted by Crippen LogP contribution is -2.52. The molecule has 10 nitrogen and oxygen atoms in total. The van der Waals surface area contributed by atoms with Crippen LogP contribution >= 0.6 is 0 Å². The van der Waals surface area contributed by atoms with Crippen LogP contribution in [0.15, 0.2) is 36.9 Å². The van der Waals surface area contributed by atoms with E-state index in [-0.39, 0.29) is 11.7 Å². The fraction of sp³-hybridized carbons (Fsp3) is 0.400. The van der Waals surface area contributed by atoms with Gasteiger partial charge in [-0.15, -0.1) is 0 Å². The predicted molar refractivity (Wildman–Crippen MR) is 111 cm³/mol. The summed E-state index contributed by atoms with van der Waals surface area (Å²) >= 11 is 0. The lowest BCUT2D eigenvalue weighted by Gasteiger charge is -2.43. The van der Waals surface area contributed by atoms with Crippen LogP contribution in [0.2, 0.25) is 0 Å². The van der Waals surface area contributed by atoms with E-state index in [9.17, 15) is 9.90 Å². The van der Waals surface area contributed by atoms with Crippen LogP contribution in [0.4, 0.5) is 5.82 Å². The Morgan fingerprint density at radius 1 is 1.37 bits per heavy atom. The number of ether oxygens (including phenoxy) is 1. The predicted octanol–water partition coefficient (Wildman–Crippen LogP) is 0.584. The molecule has 2 aromatic heterocycles. The molecule has 0 saturated carbocycles. The molecular weight excluding hydrogens is 386 g/mol. The Morgan fingerprint density at radius 2 is 2.20 bits per heavy atom. The summed E-state index contributed by atoms with van der Waals surface area (Å²) in [6, 6.07) is 6.59. The van der Waals surface area contributed by atoms with Crippen LogP contribution in [0.25, 0.3) is 11.2 Å². The zero-order valence-electron chi connectivity index (χ0n) is 16.7.